The van der Waals surface area contributed by atoms with E-state index in [1.807, 2.05) is 6.92 Å². The molecule has 2 rings (SSSR count). The minimum absolute atomic E-state index is 0.0219. The van der Waals surface area contributed by atoms with Crippen molar-refractivity contribution in [1.29, 1.82) is 0 Å². The molecule has 5 nitrogen and oxygen atoms in total. The lowest BCUT2D eigenvalue weighted by molar-refractivity contribution is 0.0936. The van der Waals surface area contributed by atoms with Gasteiger partial charge in [0.25, 0.3) is 5.91 Å². The molecular formula is C13H17ClN2O3S. The van der Waals surface area contributed by atoms with Crippen molar-refractivity contribution in [3.05, 3.63) is 28.8 Å². The standard InChI is InChI=1S/C13H17ClN2O3S/c1-8(9-3-4-9)16-13(17)11-7-10(5-6-12(11)14)20(18,19)15-2/h5-9,15H,3-4H2,1-2H3,(H,16,17). The van der Waals surface area contributed by atoms with Crippen molar-refractivity contribution in [2.75, 3.05) is 7.05 Å². The van der Waals surface area contributed by atoms with Gasteiger partial charge < -0.3 is 5.32 Å². The fraction of sp³-hybridized carbons (Fsp3) is 0.462. The molecule has 1 aliphatic carbocycles. The molecule has 0 heterocycles. The number of benzene rings is 1. The summed E-state index contributed by atoms with van der Waals surface area (Å²) < 4.78 is 25.7. The van der Waals surface area contributed by atoms with Crippen LogP contribution in [0, 0.1) is 5.92 Å². The highest BCUT2D eigenvalue weighted by Crippen LogP contribution is 2.32. The number of sulfonamides is 1. The van der Waals surface area contributed by atoms with Crippen molar-refractivity contribution in [3.63, 3.8) is 0 Å². The number of halogens is 1. The minimum Gasteiger partial charge on any atom is -0.349 e. The van der Waals surface area contributed by atoms with E-state index in [2.05, 4.69) is 10.0 Å². The second-order valence-corrected chi connectivity index (χ2v) is 7.24. The fourth-order valence-electron chi connectivity index (χ4n) is 1.96. The molecule has 1 aliphatic rings. The first-order valence-electron chi connectivity index (χ1n) is 6.39. The molecule has 0 bridgehead atoms. The molecule has 2 N–H and O–H groups in total. The molecular weight excluding hydrogens is 300 g/mol. The number of carbonyl (C=O) groups is 1. The summed E-state index contributed by atoms with van der Waals surface area (Å²) in [6, 6.07) is 4.16. The summed E-state index contributed by atoms with van der Waals surface area (Å²) in [4.78, 5) is 12.2. The maximum Gasteiger partial charge on any atom is 0.253 e. The smallest absolute Gasteiger partial charge is 0.253 e. The van der Waals surface area contributed by atoms with E-state index < -0.39 is 10.0 Å². The molecule has 0 aromatic heterocycles. The van der Waals surface area contributed by atoms with E-state index in [4.69, 9.17) is 11.6 Å². The van der Waals surface area contributed by atoms with E-state index >= 15 is 0 Å². The van der Waals surface area contributed by atoms with Crippen LogP contribution in [-0.4, -0.2) is 27.4 Å². The van der Waals surface area contributed by atoms with Crippen molar-refractivity contribution < 1.29 is 13.2 Å². The third kappa shape index (κ3) is 3.31. The first-order valence-corrected chi connectivity index (χ1v) is 8.25. The predicted octanol–water partition coefficient (Wildman–Crippen LogP) is 1.78. The zero-order valence-corrected chi connectivity index (χ0v) is 12.9. The van der Waals surface area contributed by atoms with Gasteiger partial charge in [-0.1, -0.05) is 11.6 Å². The van der Waals surface area contributed by atoms with Crippen LogP contribution in [0.25, 0.3) is 0 Å². The van der Waals surface area contributed by atoms with Gasteiger partial charge in [0.15, 0.2) is 0 Å². The van der Waals surface area contributed by atoms with Crippen LogP contribution in [-0.2, 0) is 10.0 Å². The molecule has 7 heteroatoms. The zero-order valence-electron chi connectivity index (χ0n) is 11.3. The van der Waals surface area contributed by atoms with Crippen LogP contribution in [0.5, 0.6) is 0 Å². The molecule has 1 saturated carbocycles. The Morgan fingerprint density at radius 3 is 2.60 bits per heavy atom. The SMILES string of the molecule is CNS(=O)(=O)c1ccc(Cl)c(C(=O)NC(C)C2CC2)c1. The Hall–Kier alpha value is -1.11. The van der Waals surface area contributed by atoms with Gasteiger partial charge in [-0.3, -0.25) is 4.79 Å². The van der Waals surface area contributed by atoms with E-state index in [0.29, 0.717) is 5.92 Å². The van der Waals surface area contributed by atoms with Gasteiger partial charge in [-0.15, -0.1) is 0 Å². The van der Waals surface area contributed by atoms with Gasteiger partial charge in [-0.2, -0.15) is 0 Å². The Balaban J connectivity index is 2.26. The quantitative estimate of drug-likeness (QED) is 0.869. The molecule has 1 aromatic carbocycles. The molecule has 1 fully saturated rings. The van der Waals surface area contributed by atoms with Gasteiger partial charge in [0.1, 0.15) is 0 Å². The van der Waals surface area contributed by atoms with Crippen LogP contribution in [0.2, 0.25) is 5.02 Å². The Kier molecular flexibility index (Phi) is 4.36. The highest BCUT2D eigenvalue weighted by molar-refractivity contribution is 7.89. The number of hydrogen-bond donors (Lipinski definition) is 2. The predicted molar refractivity (Wildman–Crippen MR) is 77.3 cm³/mol. The third-order valence-corrected chi connectivity index (χ3v) is 5.19. The van der Waals surface area contributed by atoms with Gasteiger partial charge in [0.2, 0.25) is 10.0 Å². The molecule has 0 aliphatic heterocycles. The van der Waals surface area contributed by atoms with Crippen LogP contribution in [0.3, 0.4) is 0 Å². The van der Waals surface area contributed by atoms with Crippen LogP contribution >= 0.6 is 11.6 Å². The summed E-state index contributed by atoms with van der Waals surface area (Å²) in [6.07, 6.45) is 2.23. The van der Waals surface area contributed by atoms with Crippen molar-refractivity contribution >= 4 is 27.5 Å². The maximum atomic E-state index is 12.2. The Morgan fingerprint density at radius 1 is 1.40 bits per heavy atom. The molecule has 1 unspecified atom stereocenters. The highest BCUT2D eigenvalue weighted by Gasteiger charge is 2.29. The van der Waals surface area contributed by atoms with Gasteiger partial charge in [0.05, 0.1) is 15.5 Å². The molecule has 110 valence electrons. The average molecular weight is 317 g/mol. The molecule has 1 atom stereocenters. The third-order valence-electron chi connectivity index (χ3n) is 3.45. The normalized spacial score (nSPS) is 16.8. The van der Waals surface area contributed by atoms with Crippen LogP contribution in [0.15, 0.2) is 23.1 Å². The van der Waals surface area contributed by atoms with E-state index in [1.165, 1.54) is 25.2 Å². The highest BCUT2D eigenvalue weighted by atomic mass is 35.5. The lowest BCUT2D eigenvalue weighted by Crippen LogP contribution is -2.34. The second kappa shape index (κ2) is 5.71. The Morgan fingerprint density at radius 2 is 2.05 bits per heavy atom. The molecule has 1 aromatic rings. The molecule has 0 spiro atoms. The van der Waals surface area contributed by atoms with E-state index in [1.54, 1.807) is 0 Å². The number of hydrogen-bond acceptors (Lipinski definition) is 3. The van der Waals surface area contributed by atoms with Gasteiger partial charge in [0, 0.05) is 6.04 Å². The number of nitrogens with one attached hydrogen (secondary N) is 2. The monoisotopic (exact) mass is 316 g/mol. The lowest BCUT2D eigenvalue weighted by atomic mass is 10.1. The second-order valence-electron chi connectivity index (χ2n) is 4.95. The molecule has 0 saturated heterocycles. The number of carbonyl (C=O) groups excluding carboxylic acids is 1. The van der Waals surface area contributed by atoms with Crippen molar-refractivity contribution in [1.82, 2.24) is 10.0 Å². The molecule has 1 amide bonds. The molecule has 20 heavy (non-hydrogen) atoms. The topological polar surface area (TPSA) is 75.3 Å². The van der Waals surface area contributed by atoms with Crippen LogP contribution in [0.4, 0.5) is 0 Å². The van der Waals surface area contributed by atoms with E-state index in [0.717, 1.165) is 12.8 Å². The Labute approximate surface area is 123 Å². The largest absolute Gasteiger partial charge is 0.349 e. The summed E-state index contributed by atoms with van der Waals surface area (Å²) in [7, 11) is -2.27. The average Bonchev–Trinajstić information content (AvgIpc) is 3.23. The summed E-state index contributed by atoms with van der Waals surface area (Å²) in [5.74, 6) is 0.171. The minimum atomic E-state index is -3.59. The van der Waals surface area contributed by atoms with Crippen LogP contribution in [0.1, 0.15) is 30.1 Å². The fourth-order valence-corrected chi connectivity index (χ4v) is 2.92. The first-order chi connectivity index (χ1) is 9.35. The summed E-state index contributed by atoms with van der Waals surface area (Å²) in [5.41, 5.74) is 0.176. The van der Waals surface area contributed by atoms with Gasteiger partial charge >= 0.3 is 0 Å². The maximum absolute atomic E-state index is 12.2. The van der Waals surface area contributed by atoms with Crippen molar-refractivity contribution in [2.45, 2.75) is 30.7 Å². The van der Waals surface area contributed by atoms with Crippen molar-refractivity contribution in [3.8, 4) is 0 Å². The van der Waals surface area contributed by atoms with E-state index in [-0.39, 0.29) is 27.4 Å². The number of rotatable bonds is 5. The first kappa shape index (κ1) is 15.3. The summed E-state index contributed by atoms with van der Waals surface area (Å²) >= 11 is 5.99. The Bertz CT molecular complexity index is 627. The van der Waals surface area contributed by atoms with Crippen LogP contribution < -0.4 is 10.0 Å². The van der Waals surface area contributed by atoms with Crippen molar-refractivity contribution in [2.24, 2.45) is 5.92 Å². The van der Waals surface area contributed by atoms with E-state index in [9.17, 15) is 13.2 Å². The summed E-state index contributed by atoms with van der Waals surface area (Å²) in [5, 5.41) is 3.09. The zero-order chi connectivity index (χ0) is 14.9. The molecule has 0 radical (unpaired) electrons. The van der Waals surface area contributed by atoms with Gasteiger partial charge in [-0.25, -0.2) is 13.1 Å². The number of amides is 1. The van der Waals surface area contributed by atoms with Gasteiger partial charge in [-0.05, 0) is 50.9 Å². The summed E-state index contributed by atoms with van der Waals surface area (Å²) in [6.45, 7) is 1.94. The lowest BCUT2D eigenvalue weighted by Gasteiger charge is -2.14.